The molecule has 106 valence electrons. The van der Waals surface area contributed by atoms with Crippen molar-refractivity contribution in [3.05, 3.63) is 34.0 Å². The van der Waals surface area contributed by atoms with Crippen molar-refractivity contribution in [1.82, 2.24) is 4.90 Å². The zero-order valence-corrected chi connectivity index (χ0v) is 12.9. The Bertz CT molecular complexity index is 644. The number of hydrogen-bond acceptors (Lipinski definition) is 3. The number of ether oxygens (including phenoxy) is 1. The maximum absolute atomic E-state index is 12.4. The van der Waals surface area contributed by atoms with E-state index in [9.17, 15) is 4.79 Å². The summed E-state index contributed by atoms with van der Waals surface area (Å²) in [6, 6.07) is 6.01. The summed E-state index contributed by atoms with van der Waals surface area (Å²) in [7, 11) is 0. The van der Waals surface area contributed by atoms with Gasteiger partial charge in [0.15, 0.2) is 4.67 Å². The Balaban J connectivity index is 1.88. The third kappa shape index (κ3) is 2.60. The molecular formula is C15H16BrNO3. The molecule has 0 N–H and O–H groups in total. The molecule has 0 bridgehead atoms. The molecule has 0 unspecified atom stereocenters. The van der Waals surface area contributed by atoms with Crippen molar-refractivity contribution in [3.8, 4) is 0 Å². The molecule has 2 aromatic rings. The first-order valence-electron chi connectivity index (χ1n) is 6.68. The van der Waals surface area contributed by atoms with Crippen LogP contribution in [0.2, 0.25) is 0 Å². The monoisotopic (exact) mass is 337 g/mol. The first kappa shape index (κ1) is 13.6. The SMILES string of the molecule is Cc1ccc2oc(Br)c(CC(=O)N3CCOCC3)c2c1. The van der Waals surface area contributed by atoms with Gasteiger partial charge in [0.2, 0.25) is 5.91 Å². The van der Waals surface area contributed by atoms with E-state index in [1.807, 2.05) is 24.0 Å². The Hall–Kier alpha value is -1.33. The quantitative estimate of drug-likeness (QED) is 0.846. The molecule has 1 aromatic heterocycles. The molecule has 1 saturated heterocycles. The molecule has 0 spiro atoms. The summed E-state index contributed by atoms with van der Waals surface area (Å²) in [5.74, 6) is 0.123. The molecule has 0 atom stereocenters. The summed E-state index contributed by atoms with van der Waals surface area (Å²) >= 11 is 3.42. The second-order valence-corrected chi connectivity index (χ2v) is 5.74. The van der Waals surface area contributed by atoms with Crippen LogP contribution in [0.5, 0.6) is 0 Å². The zero-order valence-electron chi connectivity index (χ0n) is 11.3. The third-order valence-corrected chi connectivity index (χ3v) is 4.23. The number of hydrogen-bond donors (Lipinski definition) is 0. The van der Waals surface area contributed by atoms with Crippen molar-refractivity contribution in [2.45, 2.75) is 13.3 Å². The van der Waals surface area contributed by atoms with Crippen molar-refractivity contribution < 1.29 is 13.9 Å². The number of fused-ring (bicyclic) bond motifs is 1. The molecule has 1 aromatic carbocycles. The maximum atomic E-state index is 12.4. The van der Waals surface area contributed by atoms with Gasteiger partial charge in [-0.2, -0.15) is 0 Å². The van der Waals surface area contributed by atoms with E-state index in [1.54, 1.807) is 0 Å². The Kier molecular flexibility index (Phi) is 3.81. The summed E-state index contributed by atoms with van der Waals surface area (Å²) in [4.78, 5) is 14.2. The second kappa shape index (κ2) is 5.58. The van der Waals surface area contributed by atoms with Crippen molar-refractivity contribution in [2.24, 2.45) is 0 Å². The first-order valence-corrected chi connectivity index (χ1v) is 7.47. The average Bonchev–Trinajstić information content (AvgIpc) is 2.76. The number of halogens is 1. The lowest BCUT2D eigenvalue weighted by molar-refractivity contribution is -0.134. The van der Waals surface area contributed by atoms with Gasteiger partial charge in [0.25, 0.3) is 0 Å². The Morgan fingerprint density at radius 3 is 2.85 bits per heavy atom. The molecule has 0 aliphatic carbocycles. The maximum Gasteiger partial charge on any atom is 0.227 e. The molecule has 1 fully saturated rings. The number of morpholine rings is 1. The fourth-order valence-electron chi connectivity index (χ4n) is 2.47. The van der Waals surface area contributed by atoms with Gasteiger partial charge in [-0.1, -0.05) is 11.6 Å². The van der Waals surface area contributed by atoms with E-state index in [0.717, 1.165) is 22.1 Å². The van der Waals surface area contributed by atoms with Gasteiger partial charge < -0.3 is 14.1 Å². The number of carbonyl (C=O) groups excluding carboxylic acids is 1. The first-order chi connectivity index (χ1) is 9.65. The number of carbonyl (C=O) groups is 1. The molecule has 4 nitrogen and oxygen atoms in total. The summed E-state index contributed by atoms with van der Waals surface area (Å²) < 4.78 is 11.6. The highest BCUT2D eigenvalue weighted by Crippen LogP contribution is 2.31. The summed E-state index contributed by atoms with van der Waals surface area (Å²) in [5, 5.41) is 1.01. The standard InChI is InChI=1S/C15H16BrNO3/c1-10-2-3-13-11(8-10)12(15(16)20-13)9-14(18)17-4-6-19-7-5-17/h2-3,8H,4-7,9H2,1H3. The van der Waals surface area contributed by atoms with Crippen molar-refractivity contribution in [2.75, 3.05) is 26.3 Å². The third-order valence-electron chi connectivity index (χ3n) is 3.59. The van der Waals surface area contributed by atoms with Crippen molar-refractivity contribution >= 4 is 32.8 Å². The van der Waals surface area contributed by atoms with E-state index >= 15 is 0 Å². The Labute approximate surface area is 125 Å². The van der Waals surface area contributed by atoms with E-state index < -0.39 is 0 Å². The lowest BCUT2D eigenvalue weighted by Crippen LogP contribution is -2.41. The molecular weight excluding hydrogens is 322 g/mol. The molecule has 5 heteroatoms. The highest BCUT2D eigenvalue weighted by molar-refractivity contribution is 9.10. The number of furan rings is 1. The van der Waals surface area contributed by atoms with Crippen LogP contribution >= 0.6 is 15.9 Å². The van der Waals surface area contributed by atoms with Crippen LogP contribution in [0, 0.1) is 6.92 Å². The fourth-order valence-corrected chi connectivity index (χ4v) is 3.00. The van der Waals surface area contributed by atoms with Gasteiger partial charge in [0, 0.05) is 24.0 Å². The predicted molar refractivity (Wildman–Crippen MR) is 79.8 cm³/mol. The van der Waals surface area contributed by atoms with Crippen LogP contribution in [0.15, 0.2) is 27.3 Å². The smallest absolute Gasteiger partial charge is 0.227 e. The van der Waals surface area contributed by atoms with E-state index in [0.29, 0.717) is 37.4 Å². The number of aryl methyl sites for hydroxylation is 1. The van der Waals surface area contributed by atoms with Gasteiger partial charge in [-0.3, -0.25) is 4.79 Å². The lowest BCUT2D eigenvalue weighted by atomic mass is 10.1. The van der Waals surface area contributed by atoms with Crippen LogP contribution in [0.4, 0.5) is 0 Å². The number of benzene rings is 1. The average molecular weight is 338 g/mol. The largest absolute Gasteiger partial charge is 0.449 e. The predicted octanol–water partition coefficient (Wildman–Crippen LogP) is 2.91. The number of rotatable bonds is 2. The van der Waals surface area contributed by atoms with Crippen molar-refractivity contribution in [1.29, 1.82) is 0 Å². The molecule has 20 heavy (non-hydrogen) atoms. The Morgan fingerprint density at radius 1 is 1.35 bits per heavy atom. The minimum absolute atomic E-state index is 0.123. The van der Waals surface area contributed by atoms with E-state index in [2.05, 4.69) is 22.0 Å². The van der Waals surface area contributed by atoms with Crippen LogP contribution in [-0.4, -0.2) is 37.1 Å². The van der Waals surface area contributed by atoms with E-state index in [4.69, 9.17) is 9.15 Å². The van der Waals surface area contributed by atoms with E-state index in [1.165, 1.54) is 0 Å². The minimum Gasteiger partial charge on any atom is -0.449 e. The zero-order chi connectivity index (χ0) is 14.1. The topological polar surface area (TPSA) is 42.7 Å². The minimum atomic E-state index is 0.123. The number of amides is 1. The molecule has 1 aliphatic heterocycles. The second-order valence-electron chi connectivity index (χ2n) is 5.02. The van der Waals surface area contributed by atoms with Gasteiger partial charge in [-0.15, -0.1) is 0 Å². The van der Waals surface area contributed by atoms with Crippen LogP contribution in [-0.2, 0) is 16.0 Å². The van der Waals surface area contributed by atoms with Gasteiger partial charge in [-0.25, -0.2) is 0 Å². The molecule has 0 radical (unpaired) electrons. The Morgan fingerprint density at radius 2 is 2.10 bits per heavy atom. The number of nitrogens with zero attached hydrogens (tertiary/aromatic N) is 1. The summed E-state index contributed by atoms with van der Waals surface area (Å²) in [6.45, 7) is 4.63. The summed E-state index contributed by atoms with van der Waals surface area (Å²) in [5.41, 5.74) is 2.90. The molecule has 1 amide bonds. The van der Waals surface area contributed by atoms with Gasteiger partial charge in [0.1, 0.15) is 5.58 Å². The van der Waals surface area contributed by atoms with Gasteiger partial charge in [0.05, 0.1) is 19.6 Å². The highest BCUT2D eigenvalue weighted by atomic mass is 79.9. The molecule has 3 rings (SSSR count). The van der Waals surface area contributed by atoms with E-state index in [-0.39, 0.29) is 5.91 Å². The summed E-state index contributed by atoms with van der Waals surface area (Å²) in [6.07, 6.45) is 0.358. The molecule has 2 heterocycles. The molecule has 1 aliphatic rings. The molecule has 0 saturated carbocycles. The van der Waals surface area contributed by atoms with Crippen molar-refractivity contribution in [3.63, 3.8) is 0 Å². The van der Waals surface area contributed by atoms with Gasteiger partial charge >= 0.3 is 0 Å². The van der Waals surface area contributed by atoms with Crippen LogP contribution in [0.1, 0.15) is 11.1 Å². The lowest BCUT2D eigenvalue weighted by Gasteiger charge is -2.26. The van der Waals surface area contributed by atoms with Crippen LogP contribution in [0.3, 0.4) is 0 Å². The van der Waals surface area contributed by atoms with Gasteiger partial charge in [-0.05, 0) is 35.0 Å². The van der Waals surface area contributed by atoms with Crippen LogP contribution < -0.4 is 0 Å². The fraction of sp³-hybridized carbons (Fsp3) is 0.400. The highest BCUT2D eigenvalue weighted by Gasteiger charge is 2.21. The normalized spacial score (nSPS) is 15.8. The van der Waals surface area contributed by atoms with Crippen LogP contribution in [0.25, 0.3) is 11.0 Å².